The number of amides is 1. The Morgan fingerprint density at radius 2 is 2.03 bits per heavy atom. The van der Waals surface area contributed by atoms with Gasteiger partial charge in [0.2, 0.25) is 0 Å². The number of carbonyl (C=O) groups is 1. The molecule has 1 aliphatic heterocycles. The lowest BCUT2D eigenvalue weighted by molar-refractivity contribution is 0.0463. The number of rotatable bonds is 3. The molecule has 0 aliphatic carbocycles. The van der Waals surface area contributed by atoms with Gasteiger partial charge in [-0.25, -0.2) is 18.6 Å². The van der Waals surface area contributed by atoms with Gasteiger partial charge in [-0.1, -0.05) is 31.9 Å². The van der Waals surface area contributed by atoms with E-state index in [2.05, 4.69) is 42.2 Å². The Hall–Kier alpha value is -1.48. The maximum Gasteiger partial charge on any atom is 0.407 e. The molecule has 2 heterocycles. The summed E-state index contributed by atoms with van der Waals surface area (Å²) in [5.74, 6) is -0.373. The minimum atomic E-state index is -1.29. The molecule has 1 amide bonds. The number of halogens is 4. The summed E-state index contributed by atoms with van der Waals surface area (Å²) < 4.78 is 34.2. The van der Waals surface area contributed by atoms with Crippen molar-refractivity contribution >= 4 is 54.5 Å². The second kappa shape index (κ2) is 8.71. The molecular formula is C20H23Br2F2N3O2. The van der Waals surface area contributed by atoms with Crippen LogP contribution in [-0.4, -0.2) is 42.0 Å². The molecule has 0 saturated carbocycles. The molecule has 9 heteroatoms. The number of alkyl halides is 3. The molecule has 0 unspecified atom stereocenters. The van der Waals surface area contributed by atoms with Crippen molar-refractivity contribution in [2.45, 2.75) is 48.7 Å². The predicted octanol–water partition coefficient (Wildman–Crippen LogP) is 5.60. The second-order valence-corrected chi connectivity index (χ2v) is 11.1. The van der Waals surface area contributed by atoms with Gasteiger partial charge in [0, 0.05) is 11.9 Å². The van der Waals surface area contributed by atoms with E-state index in [9.17, 15) is 13.6 Å². The van der Waals surface area contributed by atoms with Crippen LogP contribution in [-0.2, 0) is 4.74 Å². The number of alkyl carbamates (subject to hydrolysis) is 1. The van der Waals surface area contributed by atoms with Gasteiger partial charge in [-0.15, -0.1) is 0 Å². The summed E-state index contributed by atoms with van der Waals surface area (Å²) in [5.41, 5.74) is 1.21. The Balaban J connectivity index is 1.79. The van der Waals surface area contributed by atoms with Crippen LogP contribution in [0.2, 0.25) is 0 Å². The van der Waals surface area contributed by atoms with Gasteiger partial charge in [0.25, 0.3) is 0 Å². The van der Waals surface area contributed by atoms with Crippen molar-refractivity contribution in [3.63, 3.8) is 0 Å². The number of aromatic nitrogens is 1. The zero-order valence-corrected chi connectivity index (χ0v) is 19.6. The number of pyridine rings is 1. The summed E-state index contributed by atoms with van der Waals surface area (Å²) in [5, 5.41) is 3.00. The van der Waals surface area contributed by atoms with E-state index in [4.69, 9.17) is 4.74 Å². The van der Waals surface area contributed by atoms with Crippen molar-refractivity contribution in [3.8, 4) is 0 Å². The molecule has 1 N–H and O–H groups in total. The molecule has 29 heavy (non-hydrogen) atoms. The summed E-state index contributed by atoms with van der Waals surface area (Å²) in [4.78, 5) is 18.4. The molecule has 0 radical (unpaired) electrons. The highest BCUT2D eigenvalue weighted by atomic mass is 79.9. The quantitative estimate of drug-likeness (QED) is 0.520. The normalized spacial score (nSPS) is 20.2. The number of piperidine rings is 1. The van der Waals surface area contributed by atoms with E-state index in [-0.39, 0.29) is 16.1 Å². The summed E-state index contributed by atoms with van der Waals surface area (Å²) >= 11 is 6.81. The number of ether oxygens (including phenoxy) is 1. The van der Waals surface area contributed by atoms with Crippen molar-refractivity contribution < 1.29 is 18.3 Å². The van der Waals surface area contributed by atoms with Gasteiger partial charge in [0.15, 0.2) is 0 Å². The number of anilines is 1. The van der Waals surface area contributed by atoms with Gasteiger partial charge in [0.1, 0.15) is 21.3 Å². The fourth-order valence-corrected chi connectivity index (χ4v) is 3.81. The average molecular weight is 535 g/mol. The maximum absolute atomic E-state index is 14.8. The molecule has 0 spiro atoms. The molecule has 158 valence electrons. The van der Waals surface area contributed by atoms with E-state index >= 15 is 0 Å². The molecule has 1 saturated heterocycles. The number of nitrogens with zero attached hydrogens (tertiary/aromatic N) is 2. The molecule has 2 aromatic rings. The molecule has 0 bridgehead atoms. The SMILES string of the molecule is CC(C)(C)OC(=O)N[C@H]1CCN(c2ccc(F)c3ccc(C(Br)Br)nc23)C[C@H]1F. The minimum Gasteiger partial charge on any atom is -0.444 e. The highest BCUT2D eigenvalue weighted by Gasteiger charge is 2.32. The summed E-state index contributed by atoms with van der Waals surface area (Å²) in [6, 6.07) is 5.77. The molecule has 2 atom stereocenters. The lowest BCUT2D eigenvalue weighted by Gasteiger charge is -2.37. The smallest absolute Gasteiger partial charge is 0.407 e. The third-order valence-corrected chi connectivity index (χ3v) is 5.55. The highest BCUT2D eigenvalue weighted by molar-refractivity contribution is 9.24. The van der Waals surface area contributed by atoms with Crippen LogP contribution < -0.4 is 10.2 Å². The molecular weight excluding hydrogens is 512 g/mol. The van der Waals surface area contributed by atoms with Crippen molar-refractivity contribution in [2.24, 2.45) is 0 Å². The first-order valence-electron chi connectivity index (χ1n) is 9.31. The molecule has 5 nitrogen and oxygen atoms in total. The minimum absolute atomic E-state index is 0.0686. The van der Waals surface area contributed by atoms with Crippen LogP contribution in [0.25, 0.3) is 10.9 Å². The van der Waals surface area contributed by atoms with Gasteiger partial charge in [-0.2, -0.15) is 0 Å². The van der Waals surface area contributed by atoms with Gasteiger partial charge in [0.05, 0.1) is 29.5 Å². The number of hydrogen-bond donors (Lipinski definition) is 1. The second-order valence-electron chi connectivity index (χ2n) is 8.00. The van der Waals surface area contributed by atoms with E-state index in [1.165, 1.54) is 6.07 Å². The number of carbonyl (C=O) groups excluding carboxylic acids is 1. The van der Waals surface area contributed by atoms with Crippen LogP contribution in [0.3, 0.4) is 0 Å². The van der Waals surface area contributed by atoms with Gasteiger partial charge in [-0.3, -0.25) is 0 Å². The van der Waals surface area contributed by atoms with E-state index in [1.807, 2.05) is 4.90 Å². The van der Waals surface area contributed by atoms with Crippen LogP contribution in [0.15, 0.2) is 24.3 Å². The molecule has 1 aromatic heterocycles. The maximum atomic E-state index is 14.8. The van der Waals surface area contributed by atoms with E-state index < -0.39 is 23.9 Å². The zero-order chi connectivity index (χ0) is 21.3. The molecule has 1 aromatic carbocycles. The van der Waals surface area contributed by atoms with E-state index in [0.717, 1.165) is 0 Å². The largest absolute Gasteiger partial charge is 0.444 e. The van der Waals surface area contributed by atoms with Crippen molar-refractivity contribution in [1.29, 1.82) is 0 Å². The lowest BCUT2D eigenvalue weighted by Crippen LogP contribution is -2.53. The monoisotopic (exact) mass is 533 g/mol. The summed E-state index contributed by atoms with van der Waals surface area (Å²) in [6.45, 7) is 5.84. The van der Waals surface area contributed by atoms with Crippen LogP contribution in [0, 0.1) is 5.82 Å². The fraction of sp³-hybridized carbons (Fsp3) is 0.500. The van der Waals surface area contributed by atoms with Gasteiger partial charge in [-0.05, 0) is 51.5 Å². The highest BCUT2D eigenvalue weighted by Crippen LogP contribution is 2.34. The summed E-state index contributed by atoms with van der Waals surface area (Å²) in [7, 11) is 0. The number of nitrogens with one attached hydrogen (secondary N) is 1. The topological polar surface area (TPSA) is 54.5 Å². The third-order valence-electron chi connectivity index (χ3n) is 4.61. The Morgan fingerprint density at radius 3 is 2.66 bits per heavy atom. The lowest BCUT2D eigenvalue weighted by atomic mass is 10.0. The molecule has 3 rings (SSSR count). The van der Waals surface area contributed by atoms with Crippen LogP contribution in [0.5, 0.6) is 0 Å². The van der Waals surface area contributed by atoms with Crippen molar-refractivity contribution in [3.05, 3.63) is 35.8 Å². The Morgan fingerprint density at radius 1 is 1.31 bits per heavy atom. The van der Waals surface area contributed by atoms with Crippen molar-refractivity contribution in [1.82, 2.24) is 10.3 Å². The van der Waals surface area contributed by atoms with E-state index in [1.54, 1.807) is 39.0 Å². The first kappa shape index (κ1) is 22.2. The Bertz CT molecular complexity index is 905. The van der Waals surface area contributed by atoms with Crippen molar-refractivity contribution in [2.75, 3.05) is 18.0 Å². The number of benzene rings is 1. The zero-order valence-electron chi connectivity index (χ0n) is 16.4. The third kappa shape index (κ3) is 5.36. The Labute approximate surface area is 185 Å². The molecule has 1 fully saturated rings. The first-order valence-corrected chi connectivity index (χ1v) is 11.1. The fourth-order valence-electron chi connectivity index (χ4n) is 3.30. The number of fused-ring (bicyclic) bond motifs is 1. The first-order chi connectivity index (χ1) is 13.5. The molecule has 1 aliphatic rings. The Kier molecular flexibility index (Phi) is 6.67. The number of hydrogen-bond acceptors (Lipinski definition) is 4. The standard InChI is InChI=1S/C20H23Br2F2N3O2/c1-20(2,3)29-19(28)26-14-8-9-27(10-13(14)24)16-7-5-12(23)11-4-6-15(18(21)22)25-17(11)16/h4-7,13-14,18H,8-10H2,1-3H3,(H,26,28)/t13-,14+/m1/s1. The van der Waals surface area contributed by atoms with Crippen LogP contribution in [0.1, 0.15) is 36.6 Å². The van der Waals surface area contributed by atoms with Crippen LogP contribution in [0.4, 0.5) is 19.3 Å². The predicted molar refractivity (Wildman–Crippen MR) is 117 cm³/mol. The summed E-state index contributed by atoms with van der Waals surface area (Å²) in [6.07, 6.45) is -1.52. The van der Waals surface area contributed by atoms with Crippen LogP contribution >= 0.6 is 31.9 Å². The van der Waals surface area contributed by atoms with E-state index in [0.29, 0.717) is 35.2 Å². The van der Waals surface area contributed by atoms with Gasteiger partial charge < -0.3 is 15.0 Å². The van der Waals surface area contributed by atoms with Gasteiger partial charge >= 0.3 is 6.09 Å². The average Bonchev–Trinajstić information content (AvgIpc) is 2.62.